The van der Waals surface area contributed by atoms with E-state index >= 15 is 0 Å². The summed E-state index contributed by atoms with van der Waals surface area (Å²) in [5.74, 6) is 0.530. The van der Waals surface area contributed by atoms with Crippen molar-refractivity contribution in [3.8, 4) is 11.4 Å². The number of hydrogen-bond acceptors (Lipinski definition) is 6. The van der Waals surface area contributed by atoms with E-state index < -0.39 is 0 Å². The molecule has 1 N–H and O–H groups in total. The third kappa shape index (κ3) is 3.64. The number of piperidine rings is 1. The first-order chi connectivity index (χ1) is 13.1. The fourth-order valence-electron chi connectivity index (χ4n) is 3.25. The molecular formula is C17H21N9O. The lowest BCUT2D eigenvalue weighted by atomic mass is 10.1. The first-order valence-electron chi connectivity index (χ1n) is 8.85. The first-order valence-corrected chi connectivity index (χ1v) is 8.85. The van der Waals surface area contributed by atoms with Crippen LogP contribution in [-0.4, -0.2) is 59.0 Å². The van der Waals surface area contributed by atoms with Crippen molar-refractivity contribution in [2.45, 2.75) is 25.8 Å². The summed E-state index contributed by atoms with van der Waals surface area (Å²) in [7, 11) is 1.72. The number of benzene rings is 1. The molecule has 0 atom stereocenters. The van der Waals surface area contributed by atoms with Crippen molar-refractivity contribution in [1.82, 2.24) is 39.9 Å². The van der Waals surface area contributed by atoms with Gasteiger partial charge in [0, 0.05) is 30.4 Å². The lowest BCUT2D eigenvalue weighted by Gasteiger charge is -2.32. The van der Waals surface area contributed by atoms with Gasteiger partial charge >= 0.3 is 6.03 Å². The molecule has 1 aliphatic rings. The minimum absolute atomic E-state index is 0.0930. The molecule has 1 saturated heterocycles. The Kier molecular flexibility index (Phi) is 4.53. The number of aromatic nitrogens is 7. The standard InChI is InChI=1S/C17H21N9O/c1-12-3-4-13(16-21-23-24(2)22-16)9-15(12)20-17(27)25-7-5-14(6-8-25)26-10-18-19-11-26/h3-4,9-11,14H,5-8H2,1-2H3,(H,20,27). The Balaban J connectivity index is 1.42. The van der Waals surface area contributed by atoms with Crippen LogP contribution < -0.4 is 5.32 Å². The van der Waals surface area contributed by atoms with Crippen molar-refractivity contribution < 1.29 is 4.79 Å². The zero-order chi connectivity index (χ0) is 18.8. The van der Waals surface area contributed by atoms with Crippen LogP contribution in [0.1, 0.15) is 24.4 Å². The molecule has 3 aromatic rings. The van der Waals surface area contributed by atoms with Gasteiger partial charge in [-0.25, -0.2) is 4.79 Å². The molecule has 4 rings (SSSR count). The van der Waals surface area contributed by atoms with Crippen molar-refractivity contribution in [2.75, 3.05) is 18.4 Å². The molecule has 140 valence electrons. The average Bonchev–Trinajstić information content (AvgIpc) is 3.35. The lowest BCUT2D eigenvalue weighted by molar-refractivity contribution is 0.183. The molecule has 0 bridgehead atoms. The summed E-state index contributed by atoms with van der Waals surface area (Å²) < 4.78 is 2.01. The lowest BCUT2D eigenvalue weighted by Crippen LogP contribution is -2.41. The third-order valence-electron chi connectivity index (χ3n) is 4.86. The monoisotopic (exact) mass is 367 g/mol. The van der Waals surface area contributed by atoms with E-state index in [-0.39, 0.29) is 6.03 Å². The van der Waals surface area contributed by atoms with Gasteiger partial charge in [0.05, 0.1) is 7.05 Å². The second-order valence-corrected chi connectivity index (χ2v) is 6.69. The molecule has 0 aliphatic carbocycles. The summed E-state index contributed by atoms with van der Waals surface area (Å²) in [5.41, 5.74) is 2.55. The largest absolute Gasteiger partial charge is 0.324 e. The van der Waals surface area contributed by atoms with E-state index in [0.29, 0.717) is 25.0 Å². The van der Waals surface area contributed by atoms with Crippen molar-refractivity contribution >= 4 is 11.7 Å². The van der Waals surface area contributed by atoms with Crippen LogP contribution in [0.15, 0.2) is 30.9 Å². The van der Waals surface area contributed by atoms with Crippen LogP contribution >= 0.6 is 0 Å². The zero-order valence-corrected chi connectivity index (χ0v) is 15.3. The van der Waals surface area contributed by atoms with Crippen molar-refractivity contribution in [1.29, 1.82) is 0 Å². The van der Waals surface area contributed by atoms with E-state index in [1.165, 1.54) is 4.80 Å². The predicted octanol–water partition coefficient (Wildman–Crippen LogP) is 1.65. The number of amides is 2. The van der Waals surface area contributed by atoms with E-state index in [4.69, 9.17) is 0 Å². The number of nitrogens with one attached hydrogen (secondary N) is 1. The highest BCUT2D eigenvalue weighted by atomic mass is 16.2. The number of tetrazole rings is 1. The maximum atomic E-state index is 12.7. The van der Waals surface area contributed by atoms with Gasteiger partial charge in [-0.1, -0.05) is 12.1 Å². The Hall–Kier alpha value is -3.30. The second-order valence-electron chi connectivity index (χ2n) is 6.69. The molecule has 1 aliphatic heterocycles. The van der Waals surface area contributed by atoms with Crippen LogP contribution in [0.4, 0.5) is 10.5 Å². The van der Waals surface area contributed by atoms with Crippen LogP contribution in [0, 0.1) is 6.92 Å². The minimum atomic E-state index is -0.0930. The summed E-state index contributed by atoms with van der Waals surface area (Å²) >= 11 is 0. The van der Waals surface area contributed by atoms with Crippen molar-refractivity contribution in [3.63, 3.8) is 0 Å². The molecule has 2 aromatic heterocycles. The number of anilines is 1. The van der Waals surface area contributed by atoms with E-state index in [9.17, 15) is 4.79 Å². The van der Waals surface area contributed by atoms with Gasteiger partial charge in [0.25, 0.3) is 0 Å². The maximum absolute atomic E-state index is 12.7. The molecule has 0 unspecified atom stereocenters. The summed E-state index contributed by atoms with van der Waals surface area (Å²) in [6.07, 6.45) is 5.23. The molecule has 3 heterocycles. The van der Waals surface area contributed by atoms with Crippen LogP contribution in [0.5, 0.6) is 0 Å². The Morgan fingerprint density at radius 1 is 1.19 bits per heavy atom. The fraction of sp³-hybridized carbons (Fsp3) is 0.412. The van der Waals surface area contributed by atoms with Crippen LogP contribution in [-0.2, 0) is 7.05 Å². The molecular weight excluding hydrogens is 346 g/mol. The Morgan fingerprint density at radius 3 is 2.59 bits per heavy atom. The van der Waals surface area contributed by atoms with Gasteiger partial charge in [0.15, 0.2) is 0 Å². The molecule has 2 amide bonds. The topological polar surface area (TPSA) is 107 Å². The van der Waals surface area contributed by atoms with Gasteiger partial charge in [-0.15, -0.1) is 20.4 Å². The molecule has 0 spiro atoms. The summed E-state index contributed by atoms with van der Waals surface area (Å²) in [6, 6.07) is 6.00. The molecule has 1 fully saturated rings. The van der Waals surface area contributed by atoms with Crippen molar-refractivity contribution in [3.05, 3.63) is 36.4 Å². The van der Waals surface area contributed by atoms with Gasteiger partial charge in [0.1, 0.15) is 12.7 Å². The van der Waals surface area contributed by atoms with Crippen LogP contribution in [0.25, 0.3) is 11.4 Å². The second kappa shape index (κ2) is 7.14. The van der Waals surface area contributed by atoms with Crippen LogP contribution in [0.3, 0.4) is 0 Å². The molecule has 10 nitrogen and oxygen atoms in total. The van der Waals surface area contributed by atoms with Gasteiger partial charge in [0.2, 0.25) is 5.82 Å². The smallest absolute Gasteiger partial charge is 0.321 e. The number of carbonyl (C=O) groups is 1. The normalized spacial score (nSPS) is 15.1. The summed E-state index contributed by atoms with van der Waals surface area (Å²) in [5, 5.41) is 22.8. The molecule has 27 heavy (non-hydrogen) atoms. The van der Waals surface area contributed by atoms with Gasteiger partial charge in [-0.05, 0) is 36.6 Å². The van der Waals surface area contributed by atoms with Gasteiger partial charge in [-0.3, -0.25) is 0 Å². The van der Waals surface area contributed by atoms with Gasteiger partial charge < -0.3 is 14.8 Å². The fourth-order valence-corrected chi connectivity index (χ4v) is 3.25. The third-order valence-corrected chi connectivity index (χ3v) is 4.86. The minimum Gasteiger partial charge on any atom is -0.324 e. The number of aryl methyl sites for hydroxylation is 2. The molecule has 10 heteroatoms. The number of rotatable bonds is 3. The molecule has 0 radical (unpaired) electrons. The van der Waals surface area contributed by atoms with E-state index in [0.717, 1.165) is 29.7 Å². The molecule has 1 aromatic carbocycles. The summed E-state index contributed by atoms with van der Waals surface area (Å²) in [4.78, 5) is 16.0. The van der Waals surface area contributed by atoms with Gasteiger partial charge in [-0.2, -0.15) is 4.80 Å². The van der Waals surface area contributed by atoms with E-state index in [1.807, 2.05) is 34.6 Å². The summed E-state index contributed by atoms with van der Waals surface area (Å²) in [6.45, 7) is 3.35. The van der Waals surface area contributed by atoms with E-state index in [2.05, 4.69) is 30.9 Å². The number of urea groups is 1. The highest BCUT2D eigenvalue weighted by Crippen LogP contribution is 2.25. The Labute approximate surface area is 156 Å². The highest BCUT2D eigenvalue weighted by Gasteiger charge is 2.24. The first kappa shape index (κ1) is 17.1. The van der Waals surface area contributed by atoms with E-state index in [1.54, 1.807) is 19.7 Å². The number of nitrogens with zero attached hydrogens (tertiary/aromatic N) is 8. The number of carbonyl (C=O) groups excluding carboxylic acids is 1. The quantitative estimate of drug-likeness (QED) is 0.754. The SMILES string of the molecule is Cc1ccc(-c2nnn(C)n2)cc1NC(=O)N1CCC(n2cnnc2)CC1. The number of hydrogen-bond donors (Lipinski definition) is 1. The highest BCUT2D eigenvalue weighted by molar-refractivity contribution is 5.91. The Bertz CT molecular complexity index is 926. The zero-order valence-electron chi connectivity index (χ0n) is 15.3. The Morgan fingerprint density at radius 2 is 1.93 bits per heavy atom. The average molecular weight is 367 g/mol. The predicted molar refractivity (Wildman–Crippen MR) is 97.9 cm³/mol. The van der Waals surface area contributed by atoms with Crippen molar-refractivity contribution in [2.24, 2.45) is 7.05 Å². The maximum Gasteiger partial charge on any atom is 0.321 e. The number of likely N-dealkylation sites (tertiary alicyclic amines) is 1. The molecule has 0 saturated carbocycles. The van der Waals surface area contributed by atoms with Crippen LogP contribution in [0.2, 0.25) is 0 Å².